The third kappa shape index (κ3) is 10.5. The lowest BCUT2D eigenvalue weighted by Gasteiger charge is -2.41. The number of cyclic esters (lactones) is 1. The molecular weight excluding hydrogens is 905 g/mol. The van der Waals surface area contributed by atoms with Crippen molar-refractivity contribution >= 4 is 34.6 Å². The van der Waals surface area contributed by atoms with Gasteiger partial charge in [-0.3, -0.25) is 39.0 Å². The van der Waals surface area contributed by atoms with Gasteiger partial charge in [0, 0.05) is 92.8 Å². The van der Waals surface area contributed by atoms with Crippen LogP contribution in [0.2, 0.25) is 0 Å². The lowest BCUT2D eigenvalue weighted by Crippen LogP contribution is -2.62. The lowest BCUT2D eigenvalue weighted by atomic mass is 9.84. The highest BCUT2D eigenvalue weighted by Gasteiger charge is 2.48. The molecule has 14 nitrogen and oxygen atoms in total. The number of methoxy groups -OCH3 is 1. The molecule has 4 fully saturated rings. The van der Waals surface area contributed by atoms with Crippen LogP contribution in [0.3, 0.4) is 0 Å². The molecule has 0 saturated carbocycles. The zero-order valence-electron chi connectivity index (χ0n) is 44.1. The minimum Gasteiger partial charge on any atom is -0.464 e. The number of amides is 3. The molecule has 5 atom stereocenters. The summed E-state index contributed by atoms with van der Waals surface area (Å²) in [5, 5.41) is 5.91. The first-order chi connectivity index (χ1) is 34.4. The number of hydrogen-bond donors (Lipinski definition) is 2. The first kappa shape index (κ1) is 51.3. The van der Waals surface area contributed by atoms with Gasteiger partial charge < -0.3 is 24.3 Å². The fourth-order valence-corrected chi connectivity index (χ4v) is 12.0. The molecule has 5 aliphatic heterocycles. The second-order valence-electron chi connectivity index (χ2n) is 22.9. The highest BCUT2D eigenvalue weighted by atomic mass is 16.5. The van der Waals surface area contributed by atoms with Gasteiger partial charge in [0.1, 0.15) is 12.1 Å². The third-order valence-corrected chi connectivity index (χ3v) is 16.2. The van der Waals surface area contributed by atoms with Crippen molar-refractivity contribution in [2.45, 2.75) is 137 Å². The Morgan fingerprint density at radius 1 is 0.972 bits per heavy atom. The van der Waals surface area contributed by atoms with E-state index in [-0.39, 0.29) is 53.7 Å². The first-order valence-electron chi connectivity index (χ1n) is 26.5. The third-order valence-electron chi connectivity index (χ3n) is 16.2. The number of hydrogen-bond acceptors (Lipinski definition) is 10. The summed E-state index contributed by atoms with van der Waals surface area (Å²) in [7, 11) is 1.71. The van der Waals surface area contributed by atoms with Gasteiger partial charge in [0.25, 0.3) is 11.8 Å². The molecule has 2 aromatic heterocycles. The molecule has 72 heavy (non-hydrogen) atoms. The highest BCUT2D eigenvalue weighted by molar-refractivity contribution is 5.96. The Morgan fingerprint density at radius 3 is 2.49 bits per heavy atom. The minimum absolute atomic E-state index is 0.0564. The largest absolute Gasteiger partial charge is 0.464 e. The van der Waals surface area contributed by atoms with Crippen LogP contribution in [-0.2, 0) is 48.0 Å². The van der Waals surface area contributed by atoms with Gasteiger partial charge in [-0.1, -0.05) is 63.9 Å². The van der Waals surface area contributed by atoms with Crippen molar-refractivity contribution in [3.63, 3.8) is 0 Å². The van der Waals surface area contributed by atoms with Crippen LogP contribution in [0.4, 0.5) is 0 Å². The average molecular weight is 981 g/mol. The molecule has 1 unspecified atom stereocenters. The number of aryl methyl sites for hydroxylation is 1. The molecule has 6 bridgehead atoms. The van der Waals surface area contributed by atoms with E-state index in [4.69, 9.17) is 14.5 Å². The van der Waals surface area contributed by atoms with Crippen LogP contribution in [0.25, 0.3) is 33.3 Å². The molecule has 3 amide bonds. The highest BCUT2D eigenvalue weighted by Crippen LogP contribution is 2.43. The molecule has 14 heteroatoms. The second kappa shape index (κ2) is 20.7. The van der Waals surface area contributed by atoms with Crippen LogP contribution in [-0.4, -0.2) is 136 Å². The van der Waals surface area contributed by atoms with Gasteiger partial charge in [-0.2, -0.15) is 0 Å². The molecular formula is C58H76N8O6. The number of carbonyl (C=O) groups is 4. The summed E-state index contributed by atoms with van der Waals surface area (Å²) < 4.78 is 14.4. The fourth-order valence-electron chi connectivity index (χ4n) is 12.0. The summed E-state index contributed by atoms with van der Waals surface area (Å²) in [5.74, 6) is 5.13. The monoisotopic (exact) mass is 981 g/mol. The standard InChI is InChI=1S/C58H76N8O6/c1-10-65-48-20-19-42-33-44(48)45(52(65)43-17-12-25-59-50(43)39(4)71-9)34-56(5,6)37-72-55(70)46-18-13-28-66(61-46)54(69)47(32-40-15-11-16-41(42)31-40)60-53(68)51(38(2)3)63-30-24-58(36-63)23-29-62(35-58)49(67)21-22-57(7,8)64-26-14-27-64/h11-12,15-17,19-20,25,31,33,38-39,46-47,51,61H,10,13-14,18,23-24,26-30,32,34-37H2,1-9H3,(H,60,68)/t39-,46-,47-,51?,58-/m0/s1. The number of esters is 1. The van der Waals surface area contributed by atoms with Crippen molar-refractivity contribution in [1.29, 1.82) is 0 Å². The molecule has 9 rings (SSSR count). The van der Waals surface area contributed by atoms with Crippen molar-refractivity contribution in [2.75, 3.05) is 59.5 Å². The number of nitrogens with one attached hydrogen (secondary N) is 2. The summed E-state index contributed by atoms with van der Waals surface area (Å²) in [5.41, 5.74) is 10.4. The van der Waals surface area contributed by atoms with E-state index >= 15 is 0 Å². The van der Waals surface area contributed by atoms with E-state index in [1.165, 1.54) is 5.01 Å². The Bertz CT molecular complexity index is 2770. The van der Waals surface area contributed by atoms with Gasteiger partial charge in [0.15, 0.2) is 0 Å². The number of fused-ring (bicyclic) bond motifs is 6. The second-order valence-corrected chi connectivity index (χ2v) is 22.9. The zero-order chi connectivity index (χ0) is 51.1. The smallest absolute Gasteiger partial charge is 0.324 e. The Kier molecular flexibility index (Phi) is 14.8. The van der Waals surface area contributed by atoms with Gasteiger partial charge in [0.2, 0.25) is 5.91 Å². The van der Waals surface area contributed by atoms with Gasteiger partial charge in [-0.15, -0.1) is 0 Å². The van der Waals surface area contributed by atoms with Gasteiger partial charge >= 0.3 is 5.97 Å². The molecule has 2 N–H and O–H groups in total. The molecule has 1 spiro atoms. The summed E-state index contributed by atoms with van der Waals surface area (Å²) >= 11 is 0. The Balaban J connectivity index is 1.02. The van der Waals surface area contributed by atoms with Gasteiger partial charge in [0.05, 0.1) is 35.7 Å². The normalized spacial score (nSPS) is 23.9. The molecule has 2 aromatic carbocycles. The van der Waals surface area contributed by atoms with Crippen LogP contribution in [0, 0.1) is 28.6 Å². The lowest BCUT2D eigenvalue weighted by molar-refractivity contribution is -0.155. The molecule has 384 valence electrons. The quantitative estimate of drug-likeness (QED) is 0.131. The number of aromatic nitrogens is 2. The Labute approximate surface area is 426 Å². The maximum Gasteiger partial charge on any atom is 0.324 e. The van der Waals surface area contributed by atoms with Crippen molar-refractivity contribution in [3.05, 3.63) is 77.6 Å². The predicted octanol–water partition coefficient (Wildman–Crippen LogP) is 7.18. The summed E-state index contributed by atoms with van der Waals surface area (Å²) in [4.78, 5) is 68.6. The molecule has 4 aromatic rings. The summed E-state index contributed by atoms with van der Waals surface area (Å²) in [6.45, 7) is 22.7. The van der Waals surface area contributed by atoms with Crippen LogP contribution < -0.4 is 10.7 Å². The molecule has 5 aliphatic rings. The maximum atomic E-state index is 14.9. The Hall–Kier alpha value is -5.59. The van der Waals surface area contributed by atoms with Crippen molar-refractivity contribution in [1.82, 2.24) is 40.0 Å². The van der Waals surface area contributed by atoms with Crippen LogP contribution in [0.15, 0.2) is 60.8 Å². The number of hydrazine groups is 1. The molecule has 0 radical (unpaired) electrons. The average Bonchev–Trinajstić information content (AvgIpc) is 4.05. The maximum absolute atomic E-state index is 14.9. The van der Waals surface area contributed by atoms with E-state index in [1.807, 2.05) is 36.2 Å². The van der Waals surface area contributed by atoms with Crippen molar-refractivity contribution in [2.24, 2.45) is 16.7 Å². The van der Waals surface area contributed by atoms with Crippen LogP contribution >= 0.6 is 0 Å². The SMILES string of the molecule is CCn1c(-c2cccnc2[C@H](C)OC)c2c3cc(ccc31)-c1cccc(c1)C[C@H](NC(=O)C(C(C)C)N1CC[C@]3(CCN(C(=O)C#CC(C)(C)N4CCC4)C3)C1)C(=O)N1CCC[C@H](N1)C(=O)OCC(C)(C)C2. The minimum atomic E-state index is -0.928. The van der Waals surface area contributed by atoms with Crippen molar-refractivity contribution in [3.8, 4) is 34.2 Å². The topological polar surface area (TPSA) is 142 Å². The predicted molar refractivity (Wildman–Crippen MR) is 280 cm³/mol. The van der Waals surface area contributed by atoms with E-state index in [1.54, 1.807) is 7.11 Å². The van der Waals surface area contributed by atoms with Crippen molar-refractivity contribution < 1.29 is 28.7 Å². The van der Waals surface area contributed by atoms with E-state index < -0.39 is 29.5 Å². The van der Waals surface area contributed by atoms with Gasteiger partial charge in [-0.05, 0) is 131 Å². The number of benzene rings is 2. The summed E-state index contributed by atoms with van der Waals surface area (Å²) in [6, 6.07) is 16.8. The van der Waals surface area contributed by atoms with E-state index in [2.05, 4.69) is 122 Å². The number of nitrogens with zero attached hydrogens (tertiary/aromatic N) is 6. The summed E-state index contributed by atoms with van der Waals surface area (Å²) in [6.07, 6.45) is 6.43. The molecule has 4 saturated heterocycles. The number of ether oxygens (including phenoxy) is 2. The van der Waals surface area contributed by atoms with E-state index in [9.17, 15) is 19.2 Å². The fraction of sp³-hybridized carbons (Fsp3) is 0.569. The van der Waals surface area contributed by atoms with E-state index in [0.717, 1.165) is 89.0 Å². The number of pyridine rings is 1. The Morgan fingerprint density at radius 2 is 1.75 bits per heavy atom. The first-order valence-corrected chi connectivity index (χ1v) is 26.5. The van der Waals surface area contributed by atoms with Crippen LogP contribution in [0.5, 0.6) is 0 Å². The number of carbonyl (C=O) groups excluding carboxylic acids is 4. The van der Waals surface area contributed by atoms with Gasteiger partial charge in [-0.25, -0.2) is 5.43 Å². The number of likely N-dealkylation sites (tertiary alicyclic amines) is 3. The molecule has 0 aliphatic carbocycles. The number of rotatable bonds is 9. The zero-order valence-corrected chi connectivity index (χ0v) is 44.1. The molecule has 7 heterocycles. The van der Waals surface area contributed by atoms with E-state index in [0.29, 0.717) is 52.0 Å². The van der Waals surface area contributed by atoms with Crippen LogP contribution in [0.1, 0.15) is 110 Å².